The summed E-state index contributed by atoms with van der Waals surface area (Å²) < 4.78 is 11.5. The van der Waals surface area contributed by atoms with E-state index in [0.29, 0.717) is 0 Å². The fourth-order valence-corrected chi connectivity index (χ4v) is 3.63. The van der Waals surface area contributed by atoms with Crippen molar-refractivity contribution in [1.29, 1.82) is 0 Å². The Balaban J connectivity index is 2.16. The van der Waals surface area contributed by atoms with Crippen molar-refractivity contribution < 1.29 is 9.26 Å². The van der Waals surface area contributed by atoms with Gasteiger partial charge in [-0.25, -0.2) is 0 Å². The Morgan fingerprint density at radius 2 is 2.18 bits per heavy atom. The normalized spacial score (nSPS) is 23.6. The molecule has 0 aliphatic heterocycles. The number of aromatic nitrogens is 2. The second-order valence-electron chi connectivity index (χ2n) is 6.56. The molecular formula is C18H22N2O2. The first-order valence-corrected chi connectivity index (χ1v) is 7.60. The summed E-state index contributed by atoms with van der Waals surface area (Å²) in [6.45, 7) is 6.35. The lowest BCUT2D eigenvalue weighted by atomic mass is 9.68. The third-order valence-electron chi connectivity index (χ3n) is 4.47. The second kappa shape index (κ2) is 5.36. The maximum Gasteiger partial charge on any atom is 0.145 e. The molecule has 0 saturated heterocycles. The topological polar surface area (TPSA) is 48.2 Å². The van der Waals surface area contributed by atoms with Gasteiger partial charge in [0.1, 0.15) is 11.4 Å². The van der Waals surface area contributed by atoms with Gasteiger partial charge < -0.3 is 9.26 Å². The molecule has 0 bridgehead atoms. The molecule has 0 N–H and O–H groups in total. The number of methoxy groups -OCH3 is 1. The number of nitrogens with zero attached hydrogens (tertiary/aromatic N) is 2. The van der Waals surface area contributed by atoms with Gasteiger partial charge in [-0.3, -0.25) is 4.98 Å². The minimum atomic E-state index is -0.460. The highest BCUT2D eigenvalue weighted by molar-refractivity contribution is 5.53. The van der Waals surface area contributed by atoms with Crippen molar-refractivity contribution in [1.82, 2.24) is 10.1 Å². The molecule has 2 aromatic rings. The van der Waals surface area contributed by atoms with Gasteiger partial charge in [-0.05, 0) is 25.0 Å². The molecule has 0 amide bonds. The Morgan fingerprint density at radius 3 is 2.91 bits per heavy atom. The van der Waals surface area contributed by atoms with E-state index in [1.54, 1.807) is 7.11 Å². The van der Waals surface area contributed by atoms with Gasteiger partial charge >= 0.3 is 0 Å². The molecule has 1 atom stereocenters. The zero-order valence-corrected chi connectivity index (χ0v) is 13.6. The molecule has 4 nitrogen and oxygen atoms in total. The highest BCUT2D eigenvalue weighted by Gasteiger charge is 2.48. The Labute approximate surface area is 131 Å². The Hall–Kier alpha value is -1.94. The van der Waals surface area contributed by atoms with Crippen LogP contribution >= 0.6 is 0 Å². The van der Waals surface area contributed by atoms with E-state index in [4.69, 9.17) is 9.26 Å². The Kier molecular flexibility index (Phi) is 3.65. The fourth-order valence-electron chi connectivity index (χ4n) is 3.63. The van der Waals surface area contributed by atoms with E-state index in [0.717, 1.165) is 35.4 Å². The zero-order valence-electron chi connectivity index (χ0n) is 13.6. The minimum absolute atomic E-state index is 0.148. The number of fused-ring (bicyclic) bond motifs is 1. The summed E-state index contributed by atoms with van der Waals surface area (Å²) >= 11 is 0. The number of hydrogen-bond donors (Lipinski definition) is 0. The standard InChI is InChI=1S/C18H22N2O2/c1-5-7-13-8-6-9-19-15(13)18(21-4)10-14-11-20-22-16(14)17(2,3)12-18/h5-9,11H,10,12H2,1-4H3. The van der Waals surface area contributed by atoms with Crippen LogP contribution < -0.4 is 0 Å². The second-order valence-corrected chi connectivity index (χ2v) is 6.56. The van der Waals surface area contributed by atoms with Crippen molar-refractivity contribution in [3.05, 3.63) is 53.2 Å². The van der Waals surface area contributed by atoms with Crippen molar-refractivity contribution in [3.8, 4) is 0 Å². The Morgan fingerprint density at radius 1 is 1.36 bits per heavy atom. The highest BCUT2D eigenvalue weighted by Crippen LogP contribution is 2.48. The summed E-state index contributed by atoms with van der Waals surface area (Å²) in [7, 11) is 1.77. The SMILES string of the molecule is CC=Cc1cccnc1C1(OC)Cc2cnoc2C(C)(C)C1. The van der Waals surface area contributed by atoms with E-state index < -0.39 is 5.60 Å². The molecule has 0 saturated carbocycles. The smallest absolute Gasteiger partial charge is 0.145 e. The molecule has 1 aliphatic carbocycles. The molecular weight excluding hydrogens is 276 g/mol. The third kappa shape index (κ3) is 2.28. The Bertz CT molecular complexity index is 703. The van der Waals surface area contributed by atoms with Gasteiger partial charge in [0.25, 0.3) is 0 Å². The fraction of sp³-hybridized carbons (Fsp3) is 0.444. The van der Waals surface area contributed by atoms with Gasteiger partial charge in [0.15, 0.2) is 0 Å². The van der Waals surface area contributed by atoms with Crippen LogP contribution in [0.5, 0.6) is 0 Å². The van der Waals surface area contributed by atoms with E-state index in [2.05, 4.69) is 36.1 Å². The first-order chi connectivity index (χ1) is 10.5. The lowest BCUT2D eigenvalue weighted by molar-refractivity contribution is -0.0508. The molecule has 3 rings (SSSR count). The van der Waals surface area contributed by atoms with E-state index in [9.17, 15) is 0 Å². The van der Waals surface area contributed by atoms with Crippen LogP contribution in [0.25, 0.3) is 6.08 Å². The molecule has 4 heteroatoms. The highest BCUT2D eigenvalue weighted by atomic mass is 16.5. The molecule has 1 unspecified atom stereocenters. The first-order valence-electron chi connectivity index (χ1n) is 7.60. The van der Waals surface area contributed by atoms with Crippen LogP contribution in [-0.2, 0) is 22.2 Å². The number of hydrogen-bond acceptors (Lipinski definition) is 4. The van der Waals surface area contributed by atoms with Gasteiger partial charge in [0.05, 0.1) is 11.9 Å². The molecule has 2 heterocycles. The molecule has 116 valence electrons. The summed E-state index contributed by atoms with van der Waals surface area (Å²) in [6, 6.07) is 4.04. The van der Waals surface area contributed by atoms with Gasteiger partial charge in [-0.2, -0.15) is 0 Å². The van der Waals surface area contributed by atoms with E-state index >= 15 is 0 Å². The summed E-state index contributed by atoms with van der Waals surface area (Å²) in [4.78, 5) is 4.66. The number of rotatable bonds is 3. The predicted molar refractivity (Wildman–Crippen MR) is 85.5 cm³/mol. The summed E-state index contributed by atoms with van der Waals surface area (Å²) in [6.07, 6.45) is 9.29. The predicted octanol–water partition coefficient (Wildman–Crippen LogP) is 3.87. The zero-order chi connectivity index (χ0) is 15.8. The van der Waals surface area contributed by atoms with Crippen LogP contribution in [0.15, 0.2) is 35.1 Å². The molecule has 0 fully saturated rings. The van der Waals surface area contributed by atoms with Crippen LogP contribution in [-0.4, -0.2) is 17.3 Å². The van der Waals surface area contributed by atoms with Gasteiger partial charge in [-0.1, -0.05) is 37.2 Å². The van der Waals surface area contributed by atoms with Crippen molar-refractivity contribution in [3.63, 3.8) is 0 Å². The summed E-state index contributed by atoms with van der Waals surface area (Å²) in [5.74, 6) is 0.962. The lowest BCUT2D eigenvalue weighted by Gasteiger charge is -2.42. The molecule has 0 aromatic carbocycles. The van der Waals surface area contributed by atoms with Crippen molar-refractivity contribution in [2.24, 2.45) is 0 Å². The van der Waals surface area contributed by atoms with Crippen LogP contribution in [0, 0.1) is 0 Å². The number of ether oxygens (including phenoxy) is 1. The van der Waals surface area contributed by atoms with Crippen molar-refractivity contribution in [2.75, 3.05) is 7.11 Å². The quantitative estimate of drug-likeness (QED) is 0.863. The van der Waals surface area contributed by atoms with Gasteiger partial charge in [-0.15, -0.1) is 0 Å². The number of allylic oxidation sites excluding steroid dienone is 1. The van der Waals surface area contributed by atoms with Crippen molar-refractivity contribution in [2.45, 2.75) is 44.6 Å². The summed E-state index contributed by atoms with van der Waals surface area (Å²) in [5.41, 5.74) is 2.58. The van der Waals surface area contributed by atoms with Crippen LogP contribution in [0.4, 0.5) is 0 Å². The molecule has 2 aromatic heterocycles. The maximum absolute atomic E-state index is 6.05. The van der Waals surface area contributed by atoms with E-state index in [1.165, 1.54) is 0 Å². The largest absolute Gasteiger partial charge is 0.372 e. The van der Waals surface area contributed by atoms with E-state index in [-0.39, 0.29) is 5.41 Å². The number of pyridine rings is 1. The van der Waals surface area contributed by atoms with Crippen LogP contribution in [0.1, 0.15) is 49.8 Å². The third-order valence-corrected chi connectivity index (χ3v) is 4.47. The van der Waals surface area contributed by atoms with E-state index in [1.807, 2.05) is 31.5 Å². The first kappa shape index (κ1) is 15.0. The van der Waals surface area contributed by atoms with Gasteiger partial charge in [0.2, 0.25) is 0 Å². The summed E-state index contributed by atoms with van der Waals surface area (Å²) in [5, 5.41) is 3.99. The lowest BCUT2D eigenvalue weighted by Crippen LogP contribution is -2.43. The maximum atomic E-state index is 6.05. The van der Waals surface area contributed by atoms with Crippen LogP contribution in [0.2, 0.25) is 0 Å². The molecule has 0 spiro atoms. The minimum Gasteiger partial charge on any atom is -0.372 e. The van der Waals surface area contributed by atoms with Gasteiger partial charge in [0, 0.05) is 30.7 Å². The average Bonchev–Trinajstić information content (AvgIpc) is 2.96. The molecule has 22 heavy (non-hydrogen) atoms. The van der Waals surface area contributed by atoms with Crippen LogP contribution in [0.3, 0.4) is 0 Å². The van der Waals surface area contributed by atoms with Crippen molar-refractivity contribution >= 4 is 6.08 Å². The molecule has 1 aliphatic rings. The molecule has 0 radical (unpaired) electrons. The average molecular weight is 298 g/mol. The monoisotopic (exact) mass is 298 g/mol.